The van der Waals surface area contributed by atoms with Crippen molar-refractivity contribution in [2.45, 2.75) is 312 Å². The molecule has 2 saturated heterocycles. The van der Waals surface area contributed by atoms with Crippen molar-refractivity contribution in [3.8, 4) is 0 Å². The van der Waals surface area contributed by atoms with Crippen molar-refractivity contribution in [2.75, 3.05) is 19.8 Å². The third-order valence-electron chi connectivity index (χ3n) is 16.8. The number of aliphatic hydroxyl groups excluding tert-OH is 8. The zero-order valence-electron chi connectivity index (χ0n) is 59.7. The van der Waals surface area contributed by atoms with Crippen molar-refractivity contribution in [3.05, 3.63) is 182 Å². The maximum atomic E-state index is 13.3. The molecule has 2 fully saturated rings. The number of unbranched alkanes of at least 4 members (excludes halogenated alkanes) is 18. The van der Waals surface area contributed by atoms with Gasteiger partial charge in [0.2, 0.25) is 5.91 Å². The van der Waals surface area contributed by atoms with Crippen LogP contribution in [0.25, 0.3) is 0 Å². The van der Waals surface area contributed by atoms with Gasteiger partial charge in [-0.05, 0) is 135 Å². The van der Waals surface area contributed by atoms with E-state index in [2.05, 4.69) is 189 Å². The van der Waals surface area contributed by atoms with E-state index in [0.29, 0.717) is 12.8 Å². The summed E-state index contributed by atoms with van der Waals surface area (Å²) in [7, 11) is 0. The van der Waals surface area contributed by atoms with Crippen LogP contribution in [0.2, 0.25) is 0 Å². The average molecular weight is 1350 g/mol. The second-order valence-electron chi connectivity index (χ2n) is 25.3. The molecule has 2 rings (SSSR count). The molecule has 0 saturated carbocycles. The number of nitrogens with one attached hydrogen (secondary N) is 1. The molecule has 0 spiro atoms. The Bertz CT molecular complexity index is 2340. The third kappa shape index (κ3) is 47.7. The van der Waals surface area contributed by atoms with Gasteiger partial charge in [0.1, 0.15) is 48.8 Å². The Balaban J connectivity index is 1.68. The summed E-state index contributed by atoms with van der Waals surface area (Å²) < 4.78 is 22.8. The molecule has 2 heterocycles. The quantitative estimate of drug-likeness (QED) is 0.0204. The Kier molecular flexibility index (Phi) is 58.6. The molecule has 0 aromatic rings. The topological polar surface area (TPSA) is 228 Å². The maximum absolute atomic E-state index is 13.3. The van der Waals surface area contributed by atoms with Crippen LogP contribution in [0.15, 0.2) is 182 Å². The smallest absolute Gasteiger partial charge is 0.220 e. The Morgan fingerprint density at radius 1 is 0.381 bits per heavy atom. The van der Waals surface area contributed by atoms with Crippen molar-refractivity contribution in [3.63, 3.8) is 0 Å². The Morgan fingerprint density at radius 2 is 0.722 bits per heavy atom. The lowest BCUT2D eigenvalue weighted by Gasteiger charge is -2.46. The van der Waals surface area contributed by atoms with Gasteiger partial charge in [-0.3, -0.25) is 4.79 Å². The number of amides is 1. The molecule has 0 bridgehead atoms. The monoisotopic (exact) mass is 1350 g/mol. The fraction of sp³-hybridized carbons (Fsp3) is 0.627. The summed E-state index contributed by atoms with van der Waals surface area (Å²) in [5.41, 5.74) is 0. The van der Waals surface area contributed by atoms with Crippen molar-refractivity contribution in [1.29, 1.82) is 0 Å². The van der Waals surface area contributed by atoms with Crippen LogP contribution >= 0.6 is 0 Å². The Hall–Kier alpha value is -4.91. The van der Waals surface area contributed by atoms with Crippen molar-refractivity contribution >= 4 is 5.91 Å². The molecule has 14 nitrogen and oxygen atoms in total. The van der Waals surface area contributed by atoms with Gasteiger partial charge in [0, 0.05) is 6.42 Å². The molecule has 0 aliphatic carbocycles. The molecule has 12 unspecified atom stereocenters. The van der Waals surface area contributed by atoms with E-state index in [1.54, 1.807) is 6.08 Å². The lowest BCUT2D eigenvalue weighted by Crippen LogP contribution is -2.65. The van der Waals surface area contributed by atoms with E-state index in [1.165, 1.54) is 77.0 Å². The Labute approximate surface area is 587 Å². The zero-order valence-corrected chi connectivity index (χ0v) is 59.7. The van der Waals surface area contributed by atoms with E-state index in [4.69, 9.17) is 18.9 Å². The number of carbonyl (C=O) groups is 1. The summed E-state index contributed by atoms with van der Waals surface area (Å²) in [6.07, 6.45) is 85.2. The number of carbonyl (C=O) groups excluding carboxylic acids is 1. The fourth-order valence-electron chi connectivity index (χ4n) is 10.9. The molecule has 12 atom stereocenters. The highest BCUT2D eigenvalue weighted by molar-refractivity contribution is 5.76. The number of hydrogen-bond donors (Lipinski definition) is 9. The normalized spacial score (nSPS) is 23.2. The van der Waals surface area contributed by atoms with Crippen molar-refractivity contribution in [2.24, 2.45) is 0 Å². The van der Waals surface area contributed by atoms with Crippen LogP contribution in [0.4, 0.5) is 0 Å². The van der Waals surface area contributed by atoms with Gasteiger partial charge in [-0.2, -0.15) is 0 Å². The van der Waals surface area contributed by atoms with E-state index in [9.17, 15) is 45.6 Å². The minimum Gasteiger partial charge on any atom is -0.394 e. The van der Waals surface area contributed by atoms with Crippen LogP contribution in [0.1, 0.15) is 239 Å². The van der Waals surface area contributed by atoms with Gasteiger partial charge < -0.3 is 65.1 Å². The molecule has 2 aliphatic rings. The van der Waals surface area contributed by atoms with Crippen molar-refractivity contribution in [1.82, 2.24) is 5.32 Å². The van der Waals surface area contributed by atoms with Crippen LogP contribution in [0.5, 0.6) is 0 Å². The van der Waals surface area contributed by atoms with Gasteiger partial charge in [-0.25, -0.2) is 0 Å². The van der Waals surface area contributed by atoms with Crippen LogP contribution in [-0.2, 0) is 23.7 Å². The first-order valence-corrected chi connectivity index (χ1v) is 37.5. The first-order chi connectivity index (χ1) is 47.6. The largest absolute Gasteiger partial charge is 0.394 e. The summed E-state index contributed by atoms with van der Waals surface area (Å²) in [5.74, 6) is -0.285. The molecule has 548 valence electrons. The molecular weight excluding hydrogens is 1220 g/mol. The van der Waals surface area contributed by atoms with E-state index in [1.807, 2.05) is 6.08 Å². The first-order valence-electron chi connectivity index (χ1n) is 37.5. The molecule has 2 aliphatic heterocycles. The molecular formula is C83H133NO13. The predicted molar refractivity (Wildman–Crippen MR) is 400 cm³/mol. The minimum absolute atomic E-state index is 0.228. The molecule has 1 amide bonds. The third-order valence-corrected chi connectivity index (χ3v) is 16.8. The second-order valence-corrected chi connectivity index (χ2v) is 25.3. The van der Waals surface area contributed by atoms with E-state index in [-0.39, 0.29) is 18.9 Å². The van der Waals surface area contributed by atoms with Crippen molar-refractivity contribution < 1.29 is 64.6 Å². The molecule has 97 heavy (non-hydrogen) atoms. The Morgan fingerprint density at radius 3 is 1.13 bits per heavy atom. The number of rotatable bonds is 59. The number of allylic oxidation sites excluding steroid dienone is 29. The lowest BCUT2D eigenvalue weighted by atomic mass is 9.97. The van der Waals surface area contributed by atoms with Crippen LogP contribution in [0, 0.1) is 0 Å². The predicted octanol–water partition coefficient (Wildman–Crippen LogP) is 16.5. The standard InChI is InChI=1S/C83H133NO13/c1-3-5-7-9-11-13-15-17-19-21-23-25-27-28-29-30-31-32-33-34-35-36-37-38-39-40-41-42-43-44-45-47-49-51-53-55-57-59-61-63-65-67-75(88)84-71(70-94-82-80(93)78(91)81(74(69-86)96-82)97-83-79(92)77(90)76(89)73(68-85)95-83)72(87)66-64-62-60-58-56-54-52-50-48-46-26-24-22-20-18-16-14-12-10-8-6-4-2/h5,7,11,13,17,19,23,25,28-29,31-32,34-35,37-38,40-41,43-44,47-50,53,55-56,58,64,66,71-74,76-83,85-87,89-93H,3-4,6,8-10,12,14-16,18,20-22,24,26-27,30,33,36,39,42,45-46,51-52,54,57,59-63,65,67-70H2,1-2H3,(H,84,88)/b7-5-,13-11-,19-17-,25-23-,29-28-,32-31-,35-34-,38-37-,41-40-,44-43-,49-47-,50-48+,55-53-,58-56+,66-64+. The highest BCUT2D eigenvalue weighted by Gasteiger charge is 2.51. The first kappa shape index (κ1) is 88.2. The molecule has 9 N–H and O–H groups in total. The minimum atomic E-state index is -1.81. The lowest BCUT2D eigenvalue weighted by molar-refractivity contribution is -0.359. The molecule has 0 radical (unpaired) electrons. The molecule has 14 heteroatoms. The number of aliphatic hydroxyl groups is 8. The number of hydrogen-bond acceptors (Lipinski definition) is 13. The maximum Gasteiger partial charge on any atom is 0.220 e. The van der Waals surface area contributed by atoms with Crippen LogP contribution in [0.3, 0.4) is 0 Å². The van der Waals surface area contributed by atoms with Gasteiger partial charge >= 0.3 is 0 Å². The molecule has 0 aromatic carbocycles. The van der Waals surface area contributed by atoms with Gasteiger partial charge in [0.15, 0.2) is 12.6 Å². The summed E-state index contributed by atoms with van der Waals surface area (Å²) in [4.78, 5) is 13.3. The highest BCUT2D eigenvalue weighted by Crippen LogP contribution is 2.30. The zero-order chi connectivity index (χ0) is 70.1. The summed E-state index contributed by atoms with van der Waals surface area (Å²) in [5, 5.41) is 87.4. The second kappa shape index (κ2) is 64.5. The summed E-state index contributed by atoms with van der Waals surface area (Å²) in [6, 6.07) is -0.967. The highest BCUT2D eigenvalue weighted by atomic mass is 16.7. The van der Waals surface area contributed by atoms with Gasteiger partial charge in [-0.15, -0.1) is 0 Å². The van der Waals surface area contributed by atoms with Crippen LogP contribution in [-0.4, -0.2) is 140 Å². The van der Waals surface area contributed by atoms with Gasteiger partial charge in [0.05, 0.1) is 32.0 Å². The number of ether oxygens (including phenoxy) is 4. The van der Waals surface area contributed by atoms with E-state index >= 15 is 0 Å². The SMILES string of the molecule is CC/C=C\C/C=C\C/C=C\C/C=C\C/C=C\C/C=C\C/C=C\C/C=C\C/C=C\C/C=C\C/C=C\C/C=C\CCCCCCC(=O)NC(COC1OC(CO)C(OC2OC(CO)C(O)C(O)C2O)C(O)C1O)C(O)/C=C/CC/C=C/CC/C=C/CCCCCCCCCCCCCC. The van der Waals surface area contributed by atoms with E-state index in [0.717, 1.165) is 128 Å². The average Bonchev–Trinajstić information content (AvgIpc) is 0.794. The molecule has 0 aromatic heterocycles. The summed E-state index contributed by atoms with van der Waals surface area (Å²) in [6.45, 7) is 2.64. The van der Waals surface area contributed by atoms with Gasteiger partial charge in [0.25, 0.3) is 0 Å². The van der Waals surface area contributed by atoms with E-state index < -0.39 is 86.8 Å². The summed E-state index contributed by atoms with van der Waals surface area (Å²) >= 11 is 0. The van der Waals surface area contributed by atoms with Crippen LogP contribution < -0.4 is 5.32 Å². The van der Waals surface area contributed by atoms with Gasteiger partial charge in [-0.1, -0.05) is 280 Å². The fourth-order valence-corrected chi connectivity index (χ4v) is 10.9.